The predicted octanol–water partition coefficient (Wildman–Crippen LogP) is 4.90. The van der Waals surface area contributed by atoms with E-state index >= 15 is 0 Å². The molecule has 0 radical (unpaired) electrons. The van der Waals surface area contributed by atoms with E-state index < -0.39 is 11.8 Å². The van der Waals surface area contributed by atoms with E-state index in [-0.39, 0.29) is 11.7 Å². The molecule has 11 heteroatoms. The molecular weight excluding hydrogens is 482 g/mol. The van der Waals surface area contributed by atoms with E-state index in [0.29, 0.717) is 30.5 Å². The van der Waals surface area contributed by atoms with Gasteiger partial charge in [-0.15, -0.1) is 16.4 Å². The Bertz CT molecular complexity index is 1480. The lowest BCUT2D eigenvalue weighted by molar-refractivity contribution is 0.571. The van der Waals surface area contributed by atoms with Crippen molar-refractivity contribution < 1.29 is 8.78 Å². The van der Waals surface area contributed by atoms with Crippen LogP contribution in [0.25, 0.3) is 31.8 Å². The van der Waals surface area contributed by atoms with Crippen molar-refractivity contribution in [3.05, 3.63) is 72.4 Å². The molecule has 0 atom stereocenters. The molecule has 0 aliphatic heterocycles. The second-order valence-electron chi connectivity index (χ2n) is 8.52. The van der Waals surface area contributed by atoms with Crippen LogP contribution in [0.5, 0.6) is 0 Å². The average Bonchev–Trinajstić information content (AvgIpc) is 3.54. The highest BCUT2D eigenvalue weighted by molar-refractivity contribution is 7.22. The summed E-state index contributed by atoms with van der Waals surface area (Å²) in [6, 6.07) is 9.44. The zero-order chi connectivity index (χ0) is 25.1. The first-order chi connectivity index (χ1) is 17.5. The maximum absolute atomic E-state index is 14.8. The number of fused-ring (bicyclic) bond motifs is 1. The first kappa shape index (κ1) is 23.9. The maximum Gasteiger partial charge on any atom is 0.223 e. The summed E-state index contributed by atoms with van der Waals surface area (Å²) in [6.07, 6.45) is 6.09. The molecule has 36 heavy (non-hydrogen) atoms. The van der Waals surface area contributed by atoms with Gasteiger partial charge in [0.25, 0.3) is 0 Å². The first-order valence-corrected chi connectivity index (χ1v) is 12.3. The van der Waals surface area contributed by atoms with Crippen molar-refractivity contribution in [2.75, 3.05) is 11.9 Å². The Morgan fingerprint density at radius 2 is 1.97 bits per heavy atom. The third-order valence-electron chi connectivity index (χ3n) is 5.56. The number of benzene rings is 1. The Morgan fingerprint density at radius 1 is 1.08 bits per heavy atom. The second kappa shape index (κ2) is 10.4. The average molecular weight is 507 g/mol. The molecule has 5 aromatic rings. The highest BCUT2D eigenvalue weighted by Crippen LogP contribution is 2.40. The van der Waals surface area contributed by atoms with Crippen LogP contribution >= 0.6 is 11.3 Å². The minimum atomic E-state index is -0.546. The van der Waals surface area contributed by atoms with E-state index in [2.05, 4.69) is 49.7 Å². The second-order valence-corrected chi connectivity index (χ2v) is 9.57. The fraction of sp³-hybridized carbons (Fsp3) is 0.240. The van der Waals surface area contributed by atoms with Gasteiger partial charge in [0.1, 0.15) is 5.69 Å². The third kappa shape index (κ3) is 5.21. The Hall–Kier alpha value is -3.83. The number of nitrogens with zero attached hydrogens (tertiary/aromatic N) is 6. The lowest BCUT2D eigenvalue weighted by Crippen LogP contribution is -2.22. The minimum absolute atomic E-state index is 0.211. The van der Waals surface area contributed by atoms with Crippen molar-refractivity contribution in [2.45, 2.75) is 33.0 Å². The van der Waals surface area contributed by atoms with Gasteiger partial charge in [-0.3, -0.25) is 4.68 Å². The number of hydrogen-bond acceptors (Lipinski definition) is 8. The molecule has 8 nitrogen and oxygen atoms in total. The Kier molecular flexibility index (Phi) is 6.92. The van der Waals surface area contributed by atoms with Crippen molar-refractivity contribution in [1.29, 1.82) is 0 Å². The predicted molar refractivity (Wildman–Crippen MR) is 136 cm³/mol. The van der Waals surface area contributed by atoms with Crippen LogP contribution < -0.4 is 10.6 Å². The fourth-order valence-electron chi connectivity index (χ4n) is 3.82. The van der Waals surface area contributed by atoms with E-state index in [9.17, 15) is 8.78 Å². The molecule has 0 aliphatic rings. The number of rotatable bonds is 9. The van der Waals surface area contributed by atoms with Gasteiger partial charge in [0.2, 0.25) is 11.9 Å². The lowest BCUT2D eigenvalue weighted by Gasteiger charge is -2.13. The number of thiophene rings is 1. The summed E-state index contributed by atoms with van der Waals surface area (Å²) in [7, 11) is 0. The van der Waals surface area contributed by atoms with Gasteiger partial charge in [-0.1, -0.05) is 37.3 Å². The van der Waals surface area contributed by atoms with Gasteiger partial charge >= 0.3 is 0 Å². The summed E-state index contributed by atoms with van der Waals surface area (Å²) >= 11 is 1.41. The molecule has 5 rings (SSSR count). The van der Waals surface area contributed by atoms with Crippen LogP contribution in [-0.2, 0) is 13.1 Å². The molecular formula is C25H24F2N8S. The number of anilines is 1. The van der Waals surface area contributed by atoms with Gasteiger partial charge in [0, 0.05) is 47.9 Å². The normalized spacial score (nSPS) is 11.5. The van der Waals surface area contributed by atoms with Crippen molar-refractivity contribution in [2.24, 2.45) is 0 Å². The van der Waals surface area contributed by atoms with Gasteiger partial charge in [-0.05, 0) is 22.6 Å². The molecule has 0 unspecified atom stereocenters. The monoisotopic (exact) mass is 506 g/mol. The largest absolute Gasteiger partial charge is 0.352 e. The third-order valence-corrected chi connectivity index (χ3v) is 6.75. The van der Waals surface area contributed by atoms with Gasteiger partial charge in [-0.25, -0.2) is 19.3 Å². The smallest absolute Gasteiger partial charge is 0.223 e. The topological polar surface area (TPSA) is 93.4 Å². The Balaban J connectivity index is 1.48. The van der Waals surface area contributed by atoms with Crippen LogP contribution in [0.4, 0.5) is 14.7 Å². The number of pyridine rings is 1. The van der Waals surface area contributed by atoms with Crippen LogP contribution in [0.15, 0.2) is 55.1 Å². The SMILES string of the molecule is CC(C)NCc1cnc(F)cc1-c1cccc2cc(-c3nc(NCCn4ccnn4)ncc3F)sc12. The standard InChI is InChI=1S/C25H24F2N8S/c1-15(2)29-12-17-13-30-22(27)11-19(17)18-5-3-4-16-10-21(36-24(16)18)23-20(26)14-31-25(33-23)28-6-8-35-9-7-32-34-35/h3-5,7,9-11,13-15,29H,6,8,12H2,1-2H3,(H,28,31,33). The summed E-state index contributed by atoms with van der Waals surface area (Å²) in [5.41, 5.74) is 2.72. The summed E-state index contributed by atoms with van der Waals surface area (Å²) in [5, 5.41) is 15.1. The Labute approximate surface area is 210 Å². The van der Waals surface area contributed by atoms with E-state index in [4.69, 9.17) is 0 Å². The number of hydrogen-bond donors (Lipinski definition) is 2. The highest BCUT2D eigenvalue weighted by atomic mass is 32.1. The molecule has 184 valence electrons. The molecule has 0 bridgehead atoms. The van der Waals surface area contributed by atoms with Crippen LogP contribution in [-0.4, -0.2) is 42.5 Å². The molecule has 0 saturated heterocycles. The van der Waals surface area contributed by atoms with Crippen LogP contribution in [0.2, 0.25) is 0 Å². The summed E-state index contributed by atoms with van der Waals surface area (Å²) in [5.74, 6) is -0.736. The van der Waals surface area contributed by atoms with Gasteiger partial charge in [0.15, 0.2) is 5.82 Å². The summed E-state index contributed by atoms with van der Waals surface area (Å²) in [4.78, 5) is 13.0. The maximum atomic E-state index is 14.8. The van der Waals surface area contributed by atoms with E-state index in [0.717, 1.165) is 26.8 Å². The van der Waals surface area contributed by atoms with Crippen molar-refractivity contribution in [1.82, 2.24) is 35.3 Å². The number of halogens is 2. The summed E-state index contributed by atoms with van der Waals surface area (Å²) in [6.45, 7) is 5.73. The number of nitrogens with one attached hydrogen (secondary N) is 2. The van der Waals surface area contributed by atoms with Gasteiger partial charge < -0.3 is 10.6 Å². The molecule has 0 spiro atoms. The zero-order valence-corrected chi connectivity index (χ0v) is 20.6. The van der Waals surface area contributed by atoms with E-state index in [1.807, 2.05) is 24.3 Å². The first-order valence-electron chi connectivity index (χ1n) is 11.5. The molecule has 4 aromatic heterocycles. The lowest BCUT2D eigenvalue weighted by atomic mass is 10.00. The molecule has 1 aromatic carbocycles. The Morgan fingerprint density at radius 3 is 2.78 bits per heavy atom. The van der Waals surface area contributed by atoms with Gasteiger partial charge in [-0.2, -0.15) is 4.39 Å². The molecule has 0 aliphatic carbocycles. The fourth-order valence-corrected chi connectivity index (χ4v) is 4.99. The van der Waals surface area contributed by atoms with Crippen molar-refractivity contribution in [3.8, 4) is 21.7 Å². The van der Waals surface area contributed by atoms with Crippen LogP contribution in [0.3, 0.4) is 0 Å². The highest BCUT2D eigenvalue weighted by Gasteiger charge is 2.17. The molecule has 0 saturated carbocycles. The van der Waals surface area contributed by atoms with E-state index in [1.165, 1.54) is 23.6 Å². The summed E-state index contributed by atoms with van der Waals surface area (Å²) < 4.78 is 31.6. The molecule has 0 amide bonds. The van der Waals surface area contributed by atoms with Crippen molar-refractivity contribution in [3.63, 3.8) is 0 Å². The van der Waals surface area contributed by atoms with Crippen LogP contribution in [0, 0.1) is 11.8 Å². The van der Waals surface area contributed by atoms with Crippen molar-refractivity contribution >= 4 is 27.4 Å². The molecule has 0 fully saturated rings. The van der Waals surface area contributed by atoms with Crippen LogP contribution in [0.1, 0.15) is 19.4 Å². The van der Waals surface area contributed by atoms with E-state index in [1.54, 1.807) is 23.3 Å². The minimum Gasteiger partial charge on any atom is -0.352 e. The number of aromatic nitrogens is 6. The zero-order valence-electron chi connectivity index (χ0n) is 19.7. The van der Waals surface area contributed by atoms with Gasteiger partial charge in [0.05, 0.1) is 23.8 Å². The molecule has 2 N–H and O–H groups in total. The molecule has 4 heterocycles. The quantitative estimate of drug-likeness (QED) is 0.275.